The Morgan fingerprint density at radius 3 is 2.86 bits per heavy atom. The number of nitrogens with zero attached hydrogens (tertiary/aromatic N) is 2. The first-order valence-electron chi connectivity index (χ1n) is 7.08. The summed E-state index contributed by atoms with van der Waals surface area (Å²) in [7, 11) is -3.38. The van der Waals surface area contributed by atoms with E-state index in [1.54, 1.807) is 0 Å². The molecule has 0 aliphatic carbocycles. The minimum absolute atomic E-state index is 0.302. The number of rotatable bonds is 3. The van der Waals surface area contributed by atoms with E-state index in [0.717, 1.165) is 29.3 Å². The van der Waals surface area contributed by atoms with E-state index in [1.165, 1.54) is 15.6 Å². The van der Waals surface area contributed by atoms with Gasteiger partial charge in [0, 0.05) is 6.54 Å². The number of nitrogens with one attached hydrogen (secondary N) is 1. The Kier molecular flexibility index (Phi) is 4.16. The van der Waals surface area contributed by atoms with Crippen molar-refractivity contribution in [3.05, 3.63) is 24.3 Å². The monoisotopic (exact) mass is 339 g/mol. The van der Waals surface area contributed by atoms with Crippen LogP contribution in [0.1, 0.15) is 19.3 Å². The Morgan fingerprint density at radius 1 is 1.36 bits per heavy atom. The predicted octanol–water partition coefficient (Wildman–Crippen LogP) is 2.05. The Morgan fingerprint density at radius 2 is 2.14 bits per heavy atom. The maximum Gasteiger partial charge on any atom is 0.244 e. The summed E-state index contributed by atoms with van der Waals surface area (Å²) in [6.45, 7) is 0.400. The molecule has 1 aliphatic heterocycles. The molecule has 1 aliphatic rings. The molecule has 0 spiro atoms. The van der Waals surface area contributed by atoms with Crippen LogP contribution in [-0.2, 0) is 14.8 Å². The molecule has 1 saturated heterocycles. The number of carbonyl (C=O) groups excluding carboxylic acids is 1. The Bertz CT molecular complexity index is 768. The molecule has 1 atom stereocenters. The normalized spacial score (nSPS) is 20.1. The summed E-state index contributed by atoms with van der Waals surface area (Å²) in [6.07, 6.45) is 3.34. The Labute approximate surface area is 133 Å². The van der Waals surface area contributed by atoms with Crippen molar-refractivity contribution in [2.45, 2.75) is 25.3 Å². The summed E-state index contributed by atoms with van der Waals surface area (Å²) in [5.74, 6) is -0.302. The summed E-state index contributed by atoms with van der Waals surface area (Å²) < 4.78 is 25.9. The number of thiazole rings is 1. The van der Waals surface area contributed by atoms with Crippen molar-refractivity contribution in [1.82, 2.24) is 9.29 Å². The Balaban J connectivity index is 1.80. The van der Waals surface area contributed by atoms with Gasteiger partial charge < -0.3 is 5.32 Å². The van der Waals surface area contributed by atoms with Crippen molar-refractivity contribution in [2.75, 3.05) is 18.1 Å². The molecular formula is C14H17N3O3S2. The van der Waals surface area contributed by atoms with Gasteiger partial charge in [-0.15, -0.1) is 0 Å². The molecule has 0 saturated carbocycles. The third-order valence-electron chi connectivity index (χ3n) is 3.71. The fourth-order valence-electron chi connectivity index (χ4n) is 2.68. The number of carbonyl (C=O) groups is 1. The number of anilines is 1. The number of para-hydroxylation sites is 1. The lowest BCUT2D eigenvalue weighted by atomic mass is 10.0. The van der Waals surface area contributed by atoms with Gasteiger partial charge >= 0.3 is 0 Å². The summed E-state index contributed by atoms with van der Waals surface area (Å²) in [4.78, 5) is 16.8. The van der Waals surface area contributed by atoms with E-state index < -0.39 is 16.1 Å². The molecule has 22 heavy (non-hydrogen) atoms. The largest absolute Gasteiger partial charge is 0.301 e. The van der Waals surface area contributed by atoms with Gasteiger partial charge in [-0.1, -0.05) is 29.9 Å². The smallest absolute Gasteiger partial charge is 0.244 e. The fourth-order valence-corrected chi connectivity index (χ4v) is 4.67. The van der Waals surface area contributed by atoms with Crippen LogP contribution in [0, 0.1) is 0 Å². The van der Waals surface area contributed by atoms with Gasteiger partial charge in [-0.25, -0.2) is 13.4 Å². The van der Waals surface area contributed by atoms with Crippen LogP contribution in [0.4, 0.5) is 5.13 Å². The van der Waals surface area contributed by atoms with Gasteiger partial charge in [-0.3, -0.25) is 4.79 Å². The summed E-state index contributed by atoms with van der Waals surface area (Å²) in [6, 6.07) is 6.98. The third-order valence-corrected chi connectivity index (χ3v) is 5.95. The number of amides is 1. The molecule has 1 fully saturated rings. The van der Waals surface area contributed by atoms with E-state index >= 15 is 0 Å². The molecule has 0 radical (unpaired) electrons. The first kappa shape index (κ1) is 15.4. The highest BCUT2D eigenvalue weighted by Crippen LogP contribution is 2.27. The SMILES string of the molecule is CS(=O)(=O)N1CCCC[C@@H]1C(=O)Nc1nc2ccccc2s1. The molecule has 1 amide bonds. The topological polar surface area (TPSA) is 79.4 Å². The average molecular weight is 339 g/mol. The highest BCUT2D eigenvalue weighted by Gasteiger charge is 2.34. The van der Waals surface area contributed by atoms with Crippen LogP contribution in [0.25, 0.3) is 10.2 Å². The summed E-state index contributed by atoms with van der Waals surface area (Å²) in [5.41, 5.74) is 0.825. The maximum absolute atomic E-state index is 12.5. The van der Waals surface area contributed by atoms with Crippen molar-refractivity contribution in [1.29, 1.82) is 0 Å². The number of sulfonamides is 1. The van der Waals surface area contributed by atoms with Crippen LogP contribution in [-0.4, -0.2) is 42.5 Å². The van der Waals surface area contributed by atoms with Gasteiger partial charge in [-0.05, 0) is 25.0 Å². The molecule has 2 aromatic rings. The van der Waals surface area contributed by atoms with E-state index in [2.05, 4.69) is 10.3 Å². The first-order chi connectivity index (χ1) is 10.4. The number of hydrogen-bond donors (Lipinski definition) is 1. The van der Waals surface area contributed by atoms with Crippen molar-refractivity contribution in [3.8, 4) is 0 Å². The lowest BCUT2D eigenvalue weighted by molar-refractivity contribution is -0.120. The van der Waals surface area contributed by atoms with E-state index in [4.69, 9.17) is 0 Å². The van der Waals surface area contributed by atoms with Crippen molar-refractivity contribution in [2.24, 2.45) is 0 Å². The summed E-state index contributed by atoms with van der Waals surface area (Å²) >= 11 is 1.39. The number of piperidine rings is 1. The lowest BCUT2D eigenvalue weighted by Gasteiger charge is -2.32. The van der Waals surface area contributed by atoms with Crippen LogP contribution in [0.2, 0.25) is 0 Å². The highest BCUT2D eigenvalue weighted by molar-refractivity contribution is 7.88. The van der Waals surface area contributed by atoms with Gasteiger partial charge in [-0.2, -0.15) is 4.31 Å². The van der Waals surface area contributed by atoms with Gasteiger partial charge in [0.05, 0.1) is 16.5 Å². The van der Waals surface area contributed by atoms with Gasteiger partial charge in [0.25, 0.3) is 0 Å². The van der Waals surface area contributed by atoms with Crippen LogP contribution in [0.15, 0.2) is 24.3 Å². The zero-order chi connectivity index (χ0) is 15.7. The number of hydrogen-bond acceptors (Lipinski definition) is 5. The molecule has 8 heteroatoms. The zero-order valence-corrected chi connectivity index (χ0v) is 13.8. The molecule has 1 N–H and O–H groups in total. The summed E-state index contributed by atoms with van der Waals surface area (Å²) in [5, 5.41) is 3.27. The second-order valence-corrected chi connectivity index (χ2v) is 8.33. The van der Waals surface area contributed by atoms with Crippen molar-refractivity contribution >= 4 is 42.6 Å². The number of fused-ring (bicyclic) bond motifs is 1. The van der Waals surface area contributed by atoms with Gasteiger partial charge in [0.2, 0.25) is 15.9 Å². The van der Waals surface area contributed by atoms with E-state index in [-0.39, 0.29) is 5.91 Å². The molecule has 118 valence electrons. The molecule has 6 nitrogen and oxygen atoms in total. The second kappa shape index (κ2) is 5.94. The number of aromatic nitrogens is 1. The van der Waals surface area contributed by atoms with E-state index in [0.29, 0.717) is 18.1 Å². The zero-order valence-electron chi connectivity index (χ0n) is 12.2. The molecule has 0 bridgehead atoms. The Hall–Kier alpha value is -1.51. The van der Waals surface area contributed by atoms with Gasteiger partial charge in [0.1, 0.15) is 6.04 Å². The molecule has 2 heterocycles. The van der Waals surface area contributed by atoms with Gasteiger partial charge in [0.15, 0.2) is 5.13 Å². The van der Waals surface area contributed by atoms with E-state index in [1.807, 2.05) is 24.3 Å². The average Bonchev–Trinajstić information content (AvgIpc) is 2.88. The maximum atomic E-state index is 12.5. The van der Waals surface area contributed by atoms with Crippen molar-refractivity contribution < 1.29 is 13.2 Å². The van der Waals surface area contributed by atoms with Crippen LogP contribution in [0.3, 0.4) is 0 Å². The van der Waals surface area contributed by atoms with Crippen LogP contribution >= 0.6 is 11.3 Å². The lowest BCUT2D eigenvalue weighted by Crippen LogP contribution is -2.49. The number of benzene rings is 1. The molecular weight excluding hydrogens is 322 g/mol. The minimum atomic E-state index is -3.38. The fraction of sp³-hybridized carbons (Fsp3) is 0.429. The molecule has 3 rings (SSSR count). The molecule has 1 aromatic carbocycles. The molecule has 0 unspecified atom stereocenters. The first-order valence-corrected chi connectivity index (χ1v) is 9.75. The quantitative estimate of drug-likeness (QED) is 0.928. The van der Waals surface area contributed by atoms with E-state index in [9.17, 15) is 13.2 Å². The third kappa shape index (κ3) is 3.13. The molecule has 1 aromatic heterocycles. The standard InChI is InChI=1S/C14H17N3O3S2/c1-22(19,20)17-9-5-4-7-11(17)13(18)16-14-15-10-6-2-3-8-12(10)21-14/h2-3,6,8,11H,4-5,7,9H2,1H3,(H,15,16,18)/t11-/m1/s1. The highest BCUT2D eigenvalue weighted by atomic mass is 32.2. The van der Waals surface area contributed by atoms with Crippen LogP contribution in [0.5, 0.6) is 0 Å². The van der Waals surface area contributed by atoms with Crippen LogP contribution < -0.4 is 5.32 Å². The second-order valence-electron chi connectivity index (χ2n) is 5.36. The minimum Gasteiger partial charge on any atom is -0.301 e. The van der Waals surface area contributed by atoms with Crippen molar-refractivity contribution in [3.63, 3.8) is 0 Å². The predicted molar refractivity (Wildman–Crippen MR) is 87.4 cm³/mol.